The fourth-order valence-electron chi connectivity index (χ4n) is 2.27. The van der Waals surface area contributed by atoms with Crippen LogP contribution in [-0.4, -0.2) is 43.0 Å². The second-order valence-corrected chi connectivity index (χ2v) is 4.69. The molecule has 1 N–H and O–H groups in total. The molecule has 1 heterocycles. The van der Waals surface area contributed by atoms with Crippen LogP contribution in [0, 0.1) is 0 Å². The lowest BCUT2D eigenvalue weighted by atomic mass is 9.91. The fourth-order valence-corrected chi connectivity index (χ4v) is 2.27. The number of rotatable bonds is 3. The lowest BCUT2D eigenvalue weighted by Gasteiger charge is -2.32. The molecular formula is C11H22F2N2. The second kappa shape index (κ2) is 5.21. The minimum atomic E-state index is -2.27. The van der Waals surface area contributed by atoms with Crippen LogP contribution >= 0.6 is 0 Å². The van der Waals surface area contributed by atoms with Crippen LogP contribution in [0.3, 0.4) is 0 Å². The van der Waals surface area contributed by atoms with E-state index >= 15 is 0 Å². The Morgan fingerprint density at radius 2 is 1.87 bits per heavy atom. The summed E-state index contributed by atoms with van der Waals surface area (Å²) in [5.74, 6) is 0. The van der Waals surface area contributed by atoms with Crippen molar-refractivity contribution >= 4 is 0 Å². The van der Waals surface area contributed by atoms with Gasteiger partial charge in [-0.2, -0.15) is 0 Å². The van der Waals surface area contributed by atoms with Crippen LogP contribution < -0.4 is 5.32 Å². The average Bonchev–Trinajstić information content (AvgIpc) is 2.40. The fraction of sp³-hybridized carbons (Fsp3) is 1.00. The quantitative estimate of drug-likeness (QED) is 0.783. The highest BCUT2D eigenvalue weighted by Crippen LogP contribution is 2.28. The van der Waals surface area contributed by atoms with E-state index in [1.807, 2.05) is 0 Å². The molecule has 0 aromatic carbocycles. The van der Waals surface area contributed by atoms with E-state index < -0.39 is 12.0 Å². The number of hydrogen-bond acceptors (Lipinski definition) is 2. The Morgan fingerprint density at radius 1 is 1.20 bits per heavy atom. The van der Waals surface area contributed by atoms with Crippen molar-refractivity contribution in [1.82, 2.24) is 10.2 Å². The molecule has 15 heavy (non-hydrogen) atoms. The van der Waals surface area contributed by atoms with E-state index in [1.165, 1.54) is 0 Å². The van der Waals surface area contributed by atoms with Gasteiger partial charge in [-0.1, -0.05) is 0 Å². The van der Waals surface area contributed by atoms with Crippen LogP contribution in [0.1, 0.15) is 33.1 Å². The van der Waals surface area contributed by atoms with Crippen molar-refractivity contribution < 1.29 is 8.78 Å². The summed E-state index contributed by atoms with van der Waals surface area (Å²) in [4.78, 5) is 2.28. The number of hydrogen-bond donors (Lipinski definition) is 1. The molecule has 1 rings (SSSR count). The van der Waals surface area contributed by atoms with E-state index in [-0.39, 0.29) is 0 Å². The van der Waals surface area contributed by atoms with Crippen molar-refractivity contribution in [3.05, 3.63) is 0 Å². The van der Waals surface area contributed by atoms with Crippen molar-refractivity contribution in [1.29, 1.82) is 0 Å². The normalized spacial score (nSPS) is 29.8. The first-order chi connectivity index (χ1) is 7.02. The van der Waals surface area contributed by atoms with Gasteiger partial charge in [0.2, 0.25) is 0 Å². The molecule has 1 atom stereocenters. The van der Waals surface area contributed by atoms with Crippen LogP contribution in [0.15, 0.2) is 0 Å². The van der Waals surface area contributed by atoms with Crippen molar-refractivity contribution in [3.8, 4) is 0 Å². The summed E-state index contributed by atoms with van der Waals surface area (Å²) in [7, 11) is 1.65. The Morgan fingerprint density at radius 3 is 2.33 bits per heavy atom. The van der Waals surface area contributed by atoms with E-state index in [2.05, 4.69) is 24.1 Å². The molecule has 1 unspecified atom stereocenters. The van der Waals surface area contributed by atoms with Crippen LogP contribution in [-0.2, 0) is 0 Å². The van der Waals surface area contributed by atoms with Gasteiger partial charge in [-0.15, -0.1) is 0 Å². The topological polar surface area (TPSA) is 15.3 Å². The molecule has 0 aliphatic carbocycles. The lowest BCUT2D eigenvalue weighted by molar-refractivity contribution is 0.0244. The summed E-state index contributed by atoms with van der Waals surface area (Å²) in [6.45, 7) is 5.94. The Hall–Kier alpha value is -0.220. The smallest absolute Gasteiger partial charge is 0.256 e. The first-order valence-corrected chi connectivity index (χ1v) is 5.73. The molecule has 4 heteroatoms. The van der Waals surface area contributed by atoms with Crippen molar-refractivity contribution in [2.45, 2.75) is 51.1 Å². The maximum Gasteiger partial charge on any atom is 0.256 e. The van der Waals surface area contributed by atoms with E-state index in [0.29, 0.717) is 18.9 Å². The van der Waals surface area contributed by atoms with Crippen LogP contribution in [0.5, 0.6) is 0 Å². The largest absolute Gasteiger partial charge is 0.309 e. The first kappa shape index (κ1) is 12.8. The minimum Gasteiger partial charge on any atom is -0.309 e. The Balaban J connectivity index is 2.64. The Kier molecular flexibility index (Phi) is 4.46. The van der Waals surface area contributed by atoms with Crippen LogP contribution in [0.25, 0.3) is 0 Å². The highest BCUT2D eigenvalue weighted by molar-refractivity contribution is 4.93. The zero-order valence-electron chi connectivity index (χ0n) is 9.89. The van der Waals surface area contributed by atoms with Gasteiger partial charge < -0.3 is 10.2 Å². The Labute approximate surface area is 91.0 Å². The summed E-state index contributed by atoms with van der Waals surface area (Å²) in [5, 5.41) is 2.84. The molecule has 0 amide bonds. The zero-order chi connectivity index (χ0) is 11.5. The molecule has 0 radical (unpaired) electrons. The molecule has 1 aliphatic heterocycles. The summed E-state index contributed by atoms with van der Waals surface area (Å²) in [6, 6.07) is 0.454. The van der Waals surface area contributed by atoms with E-state index in [0.717, 1.165) is 19.5 Å². The monoisotopic (exact) mass is 220 g/mol. The van der Waals surface area contributed by atoms with Gasteiger partial charge >= 0.3 is 0 Å². The molecule has 0 saturated carbocycles. The molecule has 0 aromatic heterocycles. The lowest BCUT2D eigenvalue weighted by Crippen LogP contribution is -2.50. The third-order valence-electron chi connectivity index (χ3n) is 3.56. The van der Waals surface area contributed by atoms with Crippen molar-refractivity contribution in [3.63, 3.8) is 0 Å². The second-order valence-electron chi connectivity index (χ2n) is 4.69. The average molecular weight is 220 g/mol. The molecule has 0 spiro atoms. The molecule has 1 saturated heterocycles. The summed E-state index contributed by atoms with van der Waals surface area (Å²) in [5.41, 5.74) is -0.955. The van der Waals surface area contributed by atoms with Crippen LogP contribution in [0.4, 0.5) is 8.78 Å². The highest BCUT2D eigenvalue weighted by Gasteiger charge is 2.39. The van der Waals surface area contributed by atoms with E-state index in [4.69, 9.17) is 0 Å². The molecule has 0 aromatic rings. The SMILES string of the molecule is CNC1(C(F)F)CCCN(C(C)C)CC1. The van der Waals surface area contributed by atoms with Gasteiger partial charge in [0.15, 0.2) is 0 Å². The number of likely N-dealkylation sites (tertiary alicyclic amines) is 1. The standard InChI is InChI=1S/C11H22F2N2/c1-9(2)15-7-4-5-11(14-3,6-8-15)10(12)13/h9-10,14H,4-8H2,1-3H3. The minimum absolute atomic E-state index is 0.454. The number of nitrogens with zero attached hydrogens (tertiary/aromatic N) is 1. The molecular weight excluding hydrogens is 198 g/mol. The molecule has 1 aliphatic rings. The van der Waals surface area contributed by atoms with Crippen molar-refractivity contribution in [2.75, 3.05) is 20.1 Å². The highest BCUT2D eigenvalue weighted by atomic mass is 19.3. The molecule has 2 nitrogen and oxygen atoms in total. The summed E-state index contributed by atoms with van der Waals surface area (Å²) < 4.78 is 26.0. The van der Waals surface area contributed by atoms with Gasteiger partial charge in [0.1, 0.15) is 0 Å². The molecule has 90 valence electrons. The summed E-state index contributed by atoms with van der Waals surface area (Å²) >= 11 is 0. The van der Waals surface area contributed by atoms with Gasteiger partial charge in [-0.3, -0.25) is 0 Å². The Bertz CT molecular complexity index is 197. The number of nitrogens with one attached hydrogen (secondary N) is 1. The predicted octanol–water partition coefficient (Wildman–Crippen LogP) is 2.10. The van der Waals surface area contributed by atoms with E-state index in [9.17, 15) is 8.78 Å². The summed E-state index contributed by atoms with van der Waals surface area (Å²) in [6.07, 6.45) is -0.304. The van der Waals surface area contributed by atoms with Crippen LogP contribution in [0.2, 0.25) is 0 Å². The third kappa shape index (κ3) is 2.88. The van der Waals surface area contributed by atoms with Gasteiger partial charge in [0, 0.05) is 12.6 Å². The van der Waals surface area contributed by atoms with Gasteiger partial charge in [0.05, 0.1) is 5.54 Å². The maximum atomic E-state index is 13.0. The van der Waals surface area contributed by atoms with Gasteiger partial charge in [-0.25, -0.2) is 8.78 Å². The predicted molar refractivity (Wildman–Crippen MR) is 58.4 cm³/mol. The third-order valence-corrected chi connectivity index (χ3v) is 3.56. The molecule has 0 bridgehead atoms. The first-order valence-electron chi connectivity index (χ1n) is 5.73. The maximum absolute atomic E-state index is 13.0. The van der Waals surface area contributed by atoms with Gasteiger partial charge in [-0.05, 0) is 46.7 Å². The van der Waals surface area contributed by atoms with Crippen molar-refractivity contribution in [2.24, 2.45) is 0 Å². The zero-order valence-corrected chi connectivity index (χ0v) is 9.89. The number of halogens is 2. The van der Waals surface area contributed by atoms with Gasteiger partial charge in [0.25, 0.3) is 6.43 Å². The van der Waals surface area contributed by atoms with E-state index in [1.54, 1.807) is 7.05 Å². The number of alkyl halides is 2. The molecule has 1 fully saturated rings.